The summed E-state index contributed by atoms with van der Waals surface area (Å²) in [6.45, 7) is 9.58. The predicted molar refractivity (Wildman–Crippen MR) is 126 cm³/mol. The molecule has 0 radical (unpaired) electrons. The molecule has 0 aromatic carbocycles. The number of Topliss-reactive ketones (excluding diaryl/α,β-unsaturated/α-hetero) is 1. The standard InChI is InChI=1S/C28H46O4/c1-5-25(30)32-16-8-6-7-13-28(31)15-12-23-22-10-9-20-18-21(29)17-19(2)27(20,4)24(22)11-14-26(23,28)3/h19-20,22-24,31H,5-18H2,1-4H3/t19?,20?,22-,23-,24+,26-,27-,28?/m0/s1. The summed E-state index contributed by atoms with van der Waals surface area (Å²) in [4.78, 5) is 23.6. The summed E-state index contributed by atoms with van der Waals surface area (Å²) in [6, 6.07) is 0. The first-order valence-corrected chi connectivity index (χ1v) is 13.6. The van der Waals surface area contributed by atoms with Gasteiger partial charge >= 0.3 is 5.97 Å². The molecule has 3 unspecified atom stereocenters. The van der Waals surface area contributed by atoms with Crippen LogP contribution in [0.4, 0.5) is 0 Å². The monoisotopic (exact) mass is 446 g/mol. The van der Waals surface area contributed by atoms with Crippen LogP contribution in [-0.2, 0) is 14.3 Å². The smallest absolute Gasteiger partial charge is 0.305 e. The van der Waals surface area contributed by atoms with Gasteiger partial charge in [0, 0.05) is 19.3 Å². The number of carbonyl (C=O) groups excluding carboxylic acids is 2. The molecule has 4 saturated carbocycles. The van der Waals surface area contributed by atoms with Gasteiger partial charge in [0.25, 0.3) is 0 Å². The van der Waals surface area contributed by atoms with E-state index in [1.807, 2.05) is 6.92 Å². The fourth-order valence-electron chi connectivity index (χ4n) is 8.98. The maximum atomic E-state index is 12.3. The summed E-state index contributed by atoms with van der Waals surface area (Å²) in [6.07, 6.45) is 12.7. The van der Waals surface area contributed by atoms with Gasteiger partial charge in [-0.2, -0.15) is 0 Å². The molecule has 0 heterocycles. The van der Waals surface area contributed by atoms with Gasteiger partial charge in [-0.15, -0.1) is 0 Å². The van der Waals surface area contributed by atoms with E-state index in [0.717, 1.165) is 63.7 Å². The number of esters is 1. The van der Waals surface area contributed by atoms with E-state index in [4.69, 9.17) is 4.74 Å². The Labute approximate surface area is 195 Å². The Kier molecular flexibility index (Phi) is 6.85. The molecule has 4 aliphatic rings. The minimum atomic E-state index is -0.547. The molecule has 4 fully saturated rings. The predicted octanol–water partition coefficient (Wildman–Crippen LogP) is 6.09. The van der Waals surface area contributed by atoms with Crippen LogP contribution in [0.2, 0.25) is 0 Å². The fraction of sp³-hybridized carbons (Fsp3) is 0.929. The largest absolute Gasteiger partial charge is 0.466 e. The Morgan fingerprint density at radius 3 is 2.53 bits per heavy atom. The summed E-state index contributed by atoms with van der Waals surface area (Å²) >= 11 is 0. The molecule has 182 valence electrons. The van der Waals surface area contributed by atoms with Crippen LogP contribution in [0.3, 0.4) is 0 Å². The lowest BCUT2D eigenvalue weighted by Crippen LogP contribution is -2.58. The van der Waals surface area contributed by atoms with E-state index in [1.165, 1.54) is 19.3 Å². The number of ketones is 1. The van der Waals surface area contributed by atoms with Gasteiger partial charge in [0.15, 0.2) is 0 Å². The molecule has 0 amide bonds. The average Bonchev–Trinajstić information content (AvgIpc) is 3.02. The van der Waals surface area contributed by atoms with E-state index in [1.54, 1.807) is 0 Å². The van der Waals surface area contributed by atoms with Crippen molar-refractivity contribution in [3.8, 4) is 0 Å². The second-order valence-electron chi connectivity index (χ2n) is 12.3. The van der Waals surface area contributed by atoms with E-state index in [2.05, 4.69) is 20.8 Å². The number of hydrogen-bond donors (Lipinski definition) is 1. The second kappa shape index (κ2) is 9.04. The number of hydrogen-bond acceptors (Lipinski definition) is 4. The van der Waals surface area contributed by atoms with E-state index < -0.39 is 5.60 Å². The quantitative estimate of drug-likeness (QED) is 0.380. The van der Waals surface area contributed by atoms with Gasteiger partial charge in [0.2, 0.25) is 0 Å². The first-order valence-electron chi connectivity index (χ1n) is 13.6. The molecule has 32 heavy (non-hydrogen) atoms. The van der Waals surface area contributed by atoms with Crippen molar-refractivity contribution < 1.29 is 19.4 Å². The van der Waals surface area contributed by atoms with E-state index >= 15 is 0 Å². The normalized spacial score (nSPS) is 45.7. The number of rotatable bonds is 7. The summed E-state index contributed by atoms with van der Waals surface area (Å²) in [7, 11) is 0. The van der Waals surface area contributed by atoms with Gasteiger partial charge in [0.05, 0.1) is 12.2 Å². The Morgan fingerprint density at radius 2 is 1.78 bits per heavy atom. The number of fused-ring (bicyclic) bond motifs is 5. The molecule has 0 aromatic rings. The molecule has 0 spiro atoms. The summed E-state index contributed by atoms with van der Waals surface area (Å²) in [5, 5.41) is 11.9. The molecule has 0 saturated heterocycles. The van der Waals surface area contributed by atoms with Crippen molar-refractivity contribution in [2.24, 2.45) is 40.4 Å². The molecular formula is C28H46O4. The van der Waals surface area contributed by atoms with Gasteiger partial charge in [-0.3, -0.25) is 9.59 Å². The van der Waals surface area contributed by atoms with E-state index in [9.17, 15) is 14.7 Å². The summed E-state index contributed by atoms with van der Waals surface area (Å²) in [5.74, 6) is 3.50. The lowest BCUT2D eigenvalue weighted by Gasteiger charge is -2.62. The first kappa shape index (κ1) is 24.2. The van der Waals surface area contributed by atoms with Crippen LogP contribution in [0.25, 0.3) is 0 Å². The van der Waals surface area contributed by atoms with Crippen molar-refractivity contribution in [2.45, 2.75) is 117 Å². The van der Waals surface area contributed by atoms with Crippen LogP contribution in [0, 0.1) is 40.4 Å². The highest BCUT2D eigenvalue weighted by Crippen LogP contribution is 2.69. The SMILES string of the molecule is CCC(=O)OCCCCCC1(O)CC[C@H]2[C@@H]3CCC4CC(=O)CC(C)[C@]4(C)[C@@H]3CC[C@@]21C. The highest BCUT2D eigenvalue weighted by atomic mass is 16.5. The molecule has 8 atom stereocenters. The van der Waals surface area contributed by atoms with Gasteiger partial charge in [0.1, 0.15) is 5.78 Å². The van der Waals surface area contributed by atoms with Crippen LogP contribution < -0.4 is 0 Å². The van der Waals surface area contributed by atoms with Crippen LogP contribution in [0.15, 0.2) is 0 Å². The van der Waals surface area contributed by atoms with Crippen molar-refractivity contribution in [3.63, 3.8) is 0 Å². The average molecular weight is 447 g/mol. The third-order valence-corrected chi connectivity index (χ3v) is 11.1. The van der Waals surface area contributed by atoms with E-state index in [0.29, 0.717) is 47.9 Å². The second-order valence-corrected chi connectivity index (χ2v) is 12.3. The maximum absolute atomic E-state index is 12.3. The maximum Gasteiger partial charge on any atom is 0.305 e. The molecule has 4 heteroatoms. The van der Waals surface area contributed by atoms with Crippen molar-refractivity contribution in [1.29, 1.82) is 0 Å². The first-order chi connectivity index (χ1) is 15.2. The minimum Gasteiger partial charge on any atom is -0.466 e. The molecule has 0 aromatic heterocycles. The highest BCUT2D eigenvalue weighted by Gasteiger charge is 2.65. The fourth-order valence-corrected chi connectivity index (χ4v) is 8.98. The third kappa shape index (κ3) is 3.87. The molecule has 4 nitrogen and oxygen atoms in total. The van der Waals surface area contributed by atoms with Gasteiger partial charge in [-0.25, -0.2) is 0 Å². The zero-order valence-corrected chi connectivity index (χ0v) is 21.0. The molecule has 1 N–H and O–H groups in total. The lowest BCUT2D eigenvalue weighted by molar-refractivity contribution is -0.169. The third-order valence-electron chi connectivity index (χ3n) is 11.1. The van der Waals surface area contributed by atoms with Crippen molar-refractivity contribution in [1.82, 2.24) is 0 Å². The van der Waals surface area contributed by atoms with Gasteiger partial charge < -0.3 is 9.84 Å². The van der Waals surface area contributed by atoms with Crippen LogP contribution in [0.5, 0.6) is 0 Å². The highest BCUT2D eigenvalue weighted by molar-refractivity contribution is 5.80. The zero-order valence-electron chi connectivity index (χ0n) is 21.0. The van der Waals surface area contributed by atoms with Gasteiger partial charge in [-0.1, -0.05) is 34.1 Å². The molecular weight excluding hydrogens is 400 g/mol. The van der Waals surface area contributed by atoms with E-state index in [-0.39, 0.29) is 11.4 Å². The van der Waals surface area contributed by atoms with Crippen molar-refractivity contribution >= 4 is 11.8 Å². The van der Waals surface area contributed by atoms with Crippen molar-refractivity contribution in [3.05, 3.63) is 0 Å². The molecule has 4 rings (SSSR count). The zero-order chi connectivity index (χ0) is 23.1. The van der Waals surface area contributed by atoms with Crippen LogP contribution in [0.1, 0.15) is 111 Å². The lowest BCUT2D eigenvalue weighted by atomic mass is 9.42. The molecule has 0 bridgehead atoms. The number of ether oxygens (including phenoxy) is 1. The Bertz CT molecular complexity index is 718. The summed E-state index contributed by atoms with van der Waals surface area (Å²) in [5.41, 5.74) is -0.219. The number of carbonyl (C=O) groups is 2. The Morgan fingerprint density at radius 1 is 1.03 bits per heavy atom. The molecule has 4 aliphatic carbocycles. The van der Waals surface area contributed by atoms with Crippen LogP contribution >= 0.6 is 0 Å². The summed E-state index contributed by atoms with van der Waals surface area (Å²) < 4.78 is 5.20. The Balaban J connectivity index is 1.39. The van der Waals surface area contributed by atoms with Crippen molar-refractivity contribution in [2.75, 3.05) is 6.61 Å². The van der Waals surface area contributed by atoms with Gasteiger partial charge in [-0.05, 0) is 98.2 Å². The van der Waals surface area contributed by atoms with Crippen LogP contribution in [-0.4, -0.2) is 29.1 Å². The minimum absolute atomic E-state index is 0.0275. The topological polar surface area (TPSA) is 63.6 Å². The molecule has 0 aliphatic heterocycles. The Hall–Kier alpha value is -0.900. The number of unbranched alkanes of at least 4 members (excludes halogenated alkanes) is 2. The number of aliphatic hydroxyl groups is 1.